The molecule has 0 aliphatic carbocycles. The Kier molecular flexibility index (Phi) is 6.07. The fourth-order valence-corrected chi connectivity index (χ4v) is 4.24. The summed E-state index contributed by atoms with van der Waals surface area (Å²) < 4.78 is 12.7. The lowest BCUT2D eigenvalue weighted by atomic mass is 9.97. The lowest BCUT2D eigenvalue weighted by molar-refractivity contribution is 0.0602. The van der Waals surface area contributed by atoms with Gasteiger partial charge in [0.15, 0.2) is 0 Å². The van der Waals surface area contributed by atoms with Crippen LogP contribution in [0.2, 0.25) is 0 Å². The summed E-state index contributed by atoms with van der Waals surface area (Å²) in [6.45, 7) is 2.79. The van der Waals surface area contributed by atoms with Gasteiger partial charge in [0.25, 0.3) is 6.01 Å². The van der Waals surface area contributed by atoms with Crippen molar-refractivity contribution in [2.45, 2.75) is 19.6 Å². The molecule has 1 aliphatic heterocycles. The Morgan fingerprint density at radius 1 is 1.09 bits per heavy atom. The molecule has 2 heterocycles. The summed E-state index contributed by atoms with van der Waals surface area (Å²) in [5.41, 5.74) is 8.33. The van der Waals surface area contributed by atoms with Gasteiger partial charge in [-0.3, -0.25) is 9.88 Å². The first kappa shape index (κ1) is 22.4. The molecular weight excluding hydrogens is 448 g/mol. The molecular formula is C26H24N4O5. The Labute approximate surface area is 201 Å². The number of carbonyl (C=O) groups excluding carboxylic acids is 2. The second-order valence-corrected chi connectivity index (χ2v) is 7.95. The van der Waals surface area contributed by atoms with E-state index in [-0.39, 0.29) is 0 Å². The first-order valence-corrected chi connectivity index (χ1v) is 11.2. The van der Waals surface area contributed by atoms with Gasteiger partial charge in [-0.05, 0) is 41.3 Å². The first-order valence-electron chi connectivity index (χ1n) is 11.2. The van der Waals surface area contributed by atoms with E-state index in [1.165, 1.54) is 7.11 Å². The summed E-state index contributed by atoms with van der Waals surface area (Å²) in [6, 6.07) is 21.7. The molecule has 1 amide bonds. The quantitative estimate of drug-likeness (QED) is 0.389. The number of nitrogens with zero attached hydrogens (tertiary/aromatic N) is 2. The van der Waals surface area contributed by atoms with Crippen molar-refractivity contribution in [1.82, 2.24) is 20.3 Å². The van der Waals surface area contributed by atoms with Gasteiger partial charge < -0.3 is 14.3 Å². The van der Waals surface area contributed by atoms with Crippen LogP contribution >= 0.6 is 0 Å². The summed E-state index contributed by atoms with van der Waals surface area (Å²) in [6.07, 6.45) is -0.940. The number of imidazole rings is 1. The number of hydroxylamine groups is 1. The predicted molar refractivity (Wildman–Crippen MR) is 129 cm³/mol. The molecule has 0 spiro atoms. The molecule has 0 radical (unpaired) electrons. The number of rotatable bonds is 7. The number of methoxy groups -OCH3 is 1. The lowest BCUT2D eigenvalue weighted by Crippen LogP contribution is -2.22. The van der Waals surface area contributed by atoms with Crippen molar-refractivity contribution in [1.29, 1.82) is 0 Å². The highest BCUT2D eigenvalue weighted by atomic mass is 16.7. The van der Waals surface area contributed by atoms with E-state index >= 15 is 0 Å². The Morgan fingerprint density at radius 3 is 2.60 bits per heavy atom. The standard InChI is InChI=1S/C26H24N4O5/c1-3-34-25-27-21-10-6-9-20(24(31)33-2)22(21)30(25)15-16-11-13-17(14-12-16)18-7-4-5-8-19(18)23-28-26(32)35-29-23/h4-14,23,29H,3,15H2,1-2H3,(H,28,32). The van der Waals surface area contributed by atoms with Gasteiger partial charge in [-0.1, -0.05) is 54.6 Å². The molecule has 3 aromatic carbocycles. The van der Waals surface area contributed by atoms with Gasteiger partial charge in [-0.2, -0.15) is 4.98 Å². The zero-order chi connectivity index (χ0) is 24.4. The van der Waals surface area contributed by atoms with Crippen LogP contribution in [0.15, 0.2) is 66.7 Å². The van der Waals surface area contributed by atoms with Crippen LogP contribution in [0.25, 0.3) is 22.2 Å². The molecule has 1 atom stereocenters. The number of esters is 1. The first-order chi connectivity index (χ1) is 17.1. The van der Waals surface area contributed by atoms with Gasteiger partial charge >= 0.3 is 12.1 Å². The molecule has 4 aromatic rings. The highest BCUT2D eigenvalue weighted by molar-refractivity contribution is 6.02. The number of benzene rings is 3. The number of hydrogen-bond acceptors (Lipinski definition) is 7. The number of ether oxygens (including phenoxy) is 2. The van der Waals surface area contributed by atoms with Crippen molar-refractivity contribution in [3.05, 3.63) is 83.4 Å². The average Bonchev–Trinajstić information content (AvgIpc) is 3.47. The highest BCUT2D eigenvalue weighted by Crippen LogP contribution is 2.30. The van der Waals surface area contributed by atoms with Crippen LogP contribution in [0.3, 0.4) is 0 Å². The third kappa shape index (κ3) is 4.29. The minimum Gasteiger partial charge on any atom is -0.465 e. The molecule has 9 nitrogen and oxygen atoms in total. The number of amides is 1. The summed E-state index contributed by atoms with van der Waals surface area (Å²) in [4.78, 5) is 33.3. The van der Waals surface area contributed by atoms with E-state index in [1.54, 1.807) is 12.1 Å². The van der Waals surface area contributed by atoms with Gasteiger partial charge in [-0.15, -0.1) is 5.48 Å². The van der Waals surface area contributed by atoms with Crippen LogP contribution < -0.4 is 15.5 Å². The Hall–Kier alpha value is -4.37. The summed E-state index contributed by atoms with van der Waals surface area (Å²) in [5, 5.41) is 2.74. The van der Waals surface area contributed by atoms with Crippen molar-refractivity contribution >= 4 is 23.1 Å². The van der Waals surface area contributed by atoms with Gasteiger partial charge in [0.2, 0.25) is 0 Å². The van der Waals surface area contributed by atoms with E-state index < -0.39 is 18.2 Å². The Bertz CT molecular complexity index is 1400. The number of nitrogens with one attached hydrogen (secondary N) is 2. The molecule has 1 aromatic heterocycles. The molecule has 1 unspecified atom stereocenters. The van der Waals surface area contributed by atoms with E-state index in [4.69, 9.17) is 14.3 Å². The summed E-state index contributed by atoms with van der Waals surface area (Å²) in [5.74, 6) is -0.427. The van der Waals surface area contributed by atoms with Crippen LogP contribution in [0.5, 0.6) is 6.01 Å². The van der Waals surface area contributed by atoms with E-state index in [1.807, 2.05) is 66.1 Å². The maximum Gasteiger partial charge on any atom is 0.427 e. The third-order valence-corrected chi connectivity index (χ3v) is 5.82. The van der Waals surface area contributed by atoms with Gasteiger partial charge in [-0.25, -0.2) is 9.59 Å². The fourth-order valence-electron chi connectivity index (χ4n) is 4.24. The Balaban J connectivity index is 1.49. The fraction of sp³-hybridized carbons (Fsp3) is 0.192. The maximum absolute atomic E-state index is 12.4. The molecule has 9 heteroatoms. The van der Waals surface area contributed by atoms with Crippen molar-refractivity contribution in [3.8, 4) is 17.1 Å². The molecule has 178 valence electrons. The van der Waals surface area contributed by atoms with Crippen LogP contribution in [0, 0.1) is 0 Å². The van der Waals surface area contributed by atoms with E-state index in [0.29, 0.717) is 35.8 Å². The van der Waals surface area contributed by atoms with Gasteiger partial charge in [0.05, 0.1) is 36.9 Å². The second kappa shape index (κ2) is 9.47. The maximum atomic E-state index is 12.4. The summed E-state index contributed by atoms with van der Waals surface area (Å²) in [7, 11) is 1.36. The Morgan fingerprint density at radius 2 is 1.89 bits per heavy atom. The molecule has 1 aliphatic rings. The van der Waals surface area contributed by atoms with Crippen molar-refractivity contribution in [2.24, 2.45) is 0 Å². The number of carbonyl (C=O) groups is 2. The molecule has 35 heavy (non-hydrogen) atoms. The number of hydrogen-bond donors (Lipinski definition) is 2. The third-order valence-electron chi connectivity index (χ3n) is 5.82. The second-order valence-electron chi connectivity index (χ2n) is 7.95. The van der Waals surface area contributed by atoms with Crippen LogP contribution in [-0.4, -0.2) is 35.3 Å². The molecule has 0 bridgehead atoms. The van der Waals surface area contributed by atoms with Crippen LogP contribution in [0.1, 0.15) is 34.6 Å². The summed E-state index contributed by atoms with van der Waals surface area (Å²) >= 11 is 0. The number of fused-ring (bicyclic) bond motifs is 1. The van der Waals surface area contributed by atoms with Crippen LogP contribution in [0.4, 0.5) is 4.79 Å². The molecule has 5 rings (SSSR count). The SMILES string of the molecule is CCOc1nc2cccc(C(=O)OC)c2n1Cc1ccc(-c2ccccc2C2NOC(=O)N2)cc1. The van der Waals surface area contributed by atoms with E-state index in [9.17, 15) is 9.59 Å². The largest absolute Gasteiger partial charge is 0.465 e. The molecule has 1 saturated heterocycles. The topological polar surface area (TPSA) is 104 Å². The van der Waals surface area contributed by atoms with Gasteiger partial charge in [0, 0.05) is 0 Å². The molecule has 0 saturated carbocycles. The molecule has 2 N–H and O–H groups in total. The van der Waals surface area contributed by atoms with E-state index in [0.717, 1.165) is 22.3 Å². The predicted octanol–water partition coefficient (Wildman–Crippen LogP) is 4.18. The van der Waals surface area contributed by atoms with Crippen molar-refractivity contribution in [3.63, 3.8) is 0 Å². The van der Waals surface area contributed by atoms with Crippen LogP contribution in [-0.2, 0) is 16.1 Å². The zero-order valence-electron chi connectivity index (χ0n) is 19.3. The highest BCUT2D eigenvalue weighted by Gasteiger charge is 2.26. The van der Waals surface area contributed by atoms with Gasteiger partial charge in [0.1, 0.15) is 6.17 Å². The van der Waals surface area contributed by atoms with E-state index in [2.05, 4.69) is 15.8 Å². The number of para-hydroxylation sites is 1. The minimum absolute atomic E-state index is 0.427. The normalized spacial score (nSPS) is 15.0. The van der Waals surface area contributed by atoms with Crippen molar-refractivity contribution < 1.29 is 23.9 Å². The molecule has 1 fully saturated rings. The monoisotopic (exact) mass is 472 g/mol. The number of aromatic nitrogens is 2. The average molecular weight is 473 g/mol. The zero-order valence-corrected chi connectivity index (χ0v) is 19.3. The lowest BCUT2D eigenvalue weighted by Gasteiger charge is -2.15. The van der Waals surface area contributed by atoms with Crippen molar-refractivity contribution in [2.75, 3.05) is 13.7 Å². The smallest absolute Gasteiger partial charge is 0.427 e. The minimum atomic E-state index is -0.510.